The number of alkyl halides is 3. The average Bonchev–Trinajstić information content (AvgIpc) is 2.67. The molecule has 1 saturated carbocycles. The van der Waals surface area contributed by atoms with Crippen LogP contribution in [0.5, 0.6) is 0 Å². The molecule has 1 unspecified atom stereocenters. The van der Waals surface area contributed by atoms with E-state index >= 15 is 0 Å². The molecule has 1 aromatic rings. The number of rotatable bonds is 3. The number of hydrogen-bond acceptors (Lipinski definition) is 3. The monoisotopic (exact) mass is 394 g/mol. The van der Waals surface area contributed by atoms with Crippen molar-refractivity contribution in [2.24, 2.45) is 5.92 Å². The van der Waals surface area contributed by atoms with E-state index in [1.807, 2.05) is 0 Å². The topological polar surface area (TPSA) is 43.4 Å². The first kappa shape index (κ1) is 18.8. The van der Waals surface area contributed by atoms with Gasteiger partial charge in [0.05, 0.1) is 6.26 Å². The van der Waals surface area contributed by atoms with Gasteiger partial charge in [0.2, 0.25) is 0 Å². The first-order chi connectivity index (χ1) is 11.7. The van der Waals surface area contributed by atoms with Gasteiger partial charge >= 0.3 is 5.51 Å². The van der Waals surface area contributed by atoms with Crippen LogP contribution in [0.25, 0.3) is 6.08 Å². The SMILES string of the molecule is CS(=O)(=O)OS1(C(F)(F)F)C(C2CCCCCC2)=Cc2ccccc21. The van der Waals surface area contributed by atoms with Gasteiger partial charge in [0, 0.05) is 20.1 Å². The highest BCUT2D eigenvalue weighted by Gasteiger charge is 2.61. The van der Waals surface area contributed by atoms with Gasteiger partial charge in [-0.15, -0.1) is 0 Å². The van der Waals surface area contributed by atoms with Gasteiger partial charge in [-0.25, -0.2) is 3.63 Å². The second kappa shape index (κ2) is 6.63. The Morgan fingerprint density at radius 3 is 2.24 bits per heavy atom. The number of benzene rings is 1. The molecular formula is C17H21F3O3S2. The highest BCUT2D eigenvalue weighted by molar-refractivity contribution is 8.36. The molecule has 3 nitrogen and oxygen atoms in total. The van der Waals surface area contributed by atoms with Gasteiger partial charge in [0.1, 0.15) is 0 Å². The van der Waals surface area contributed by atoms with Crippen molar-refractivity contribution in [3.8, 4) is 0 Å². The smallest absolute Gasteiger partial charge is 0.203 e. The first-order valence-electron chi connectivity index (χ1n) is 8.26. The Hall–Kier alpha value is -0.990. The summed E-state index contributed by atoms with van der Waals surface area (Å²) in [6.07, 6.45) is 7.19. The maximum atomic E-state index is 14.3. The zero-order valence-corrected chi connectivity index (χ0v) is 15.5. The Kier molecular flexibility index (Phi) is 4.98. The van der Waals surface area contributed by atoms with E-state index in [1.54, 1.807) is 12.1 Å². The van der Waals surface area contributed by atoms with Crippen molar-refractivity contribution >= 4 is 26.5 Å². The summed E-state index contributed by atoms with van der Waals surface area (Å²) in [6.45, 7) is 0. The van der Waals surface area contributed by atoms with Gasteiger partial charge in [-0.1, -0.05) is 43.9 Å². The minimum absolute atomic E-state index is 0.0489. The summed E-state index contributed by atoms with van der Waals surface area (Å²) >= 11 is 0. The van der Waals surface area contributed by atoms with E-state index in [0.29, 0.717) is 24.7 Å². The highest BCUT2D eigenvalue weighted by Crippen LogP contribution is 2.79. The Labute approximate surface area is 147 Å². The lowest BCUT2D eigenvalue weighted by Gasteiger charge is -2.41. The molecule has 0 amide bonds. The average molecular weight is 394 g/mol. The summed E-state index contributed by atoms with van der Waals surface area (Å²) in [7, 11) is -8.37. The van der Waals surface area contributed by atoms with Crippen LogP contribution in [0.1, 0.15) is 44.1 Å². The van der Waals surface area contributed by atoms with Crippen LogP contribution in [-0.4, -0.2) is 20.2 Å². The third kappa shape index (κ3) is 3.48. The van der Waals surface area contributed by atoms with Crippen molar-refractivity contribution < 1.29 is 25.2 Å². The lowest BCUT2D eigenvalue weighted by molar-refractivity contribution is -0.0431. The minimum atomic E-state index is -4.79. The maximum Gasteiger partial charge on any atom is 0.456 e. The fraction of sp³-hybridized carbons (Fsp3) is 0.529. The van der Waals surface area contributed by atoms with Crippen molar-refractivity contribution in [1.29, 1.82) is 0 Å². The van der Waals surface area contributed by atoms with E-state index in [0.717, 1.165) is 25.7 Å². The summed E-state index contributed by atoms with van der Waals surface area (Å²) in [6, 6.07) is 6.11. The standard InChI is InChI=1S/C17H21F3O3S2/c1-24(21,22)23-25(17(18,19)20)15-11-7-6-10-14(15)12-16(25)13-8-4-2-3-5-9-13/h6-7,10-13H,2-5,8-9H2,1H3. The molecule has 140 valence electrons. The van der Waals surface area contributed by atoms with Crippen LogP contribution in [0.15, 0.2) is 34.1 Å². The van der Waals surface area contributed by atoms with E-state index in [-0.39, 0.29) is 15.7 Å². The molecule has 3 rings (SSSR count). The molecule has 8 heteroatoms. The molecular weight excluding hydrogens is 373 g/mol. The van der Waals surface area contributed by atoms with Crippen molar-refractivity contribution in [1.82, 2.24) is 0 Å². The molecule has 1 fully saturated rings. The number of halogens is 3. The van der Waals surface area contributed by atoms with Crippen LogP contribution in [0.4, 0.5) is 13.2 Å². The van der Waals surface area contributed by atoms with Gasteiger partial charge in [-0.2, -0.15) is 21.6 Å². The van der Waals surface area contributed by atoms with Crippen molar-refractivity contribution in [3.05, 3.63) is 34.7 Å². The van der Waals surface area contributed by atoms with Crippen LogP contribution in [0, 0.1) is 5.92 Å². The summed E-state index contributed by atoms with van der Waals surface area (Å²) in [5.74, 6) is -0.298. The molecule has 25 heavy (non-hydrogen) atoms. The Bertz CT molecular complexity index is 779. The Balaban J connectivity index is 2.20. The van der Waals surface area contributed by atoms with E-state index in [9.17, 15) is 21.6 Å². The minimum Gasteiger partial charge on any atom is -0.203 e. The van der Waals surface area contributed by atoms with Crippen LogP contribution >= 0.6 is 10.3 Å². The van der Waals surface area contributed by atoms with Gasteiger partial charge in [-0.3, -0.25) is 0 Å². The van der Waals surface area contributed by atoms with Crippen LogP contribution in [0.2, 0.25) is 0 Å². The van der Waals surface area contributed by atoms with Gasteiger partial charge in [-0.05, 0) is 36.5 Å². The van der Waals surface area contributed by atoms with Gasteiger partial charge in [0.15, 0.2) is 0 Å². The lowest BCUT2D eigenvalue weighted by Crippen LogP contribution is -2.28. The third-order valence-electron chi connectivity index (χ3n) is 4.67. The molecule has 1 aliphatic heterocycles. The molecule has 0 bridgehead atoms. The molecule has 0 radical (unpaired) electrons. The summed E-state index contributed by atoms with van der Waals surface area (Å²) < 4.78 is 71.6. The predicted molar refractivity (Wildman–Crippen MR) is 93.5 cm³/mol. The quantitative estimate of drug-likeness (QED) is 0.628. The van der Waals surface area contributed by atoms with E-state index in [4.69, 9.17) is 3.63 Å². The second-order valence-corrected chi connectivity index (χ2v) is 11.0. The summed E-state index contributed by atoms with van der Waals surface area (Å²) in [5.41, 5.74) is -4.38. The molecule has 1 aliphatic carbocycles. The van der Waals surface area contributed by atoms with Crippen LogP contribution in [-0.2, 0) is 13.7 Å². The van der Waals surface area contributed by atoms with Crippen molar-refractivity contribution in [3.63, 3.8) is 0 Å². The molecule has 1 heterocycles. The summed E-state index contributed by atoms with van der Waals surface area (Å²) in [4.78, 5) is 0.0701. The largest absolute Gasteiger partial charge is 0.456 e. The molecule has 0 aromatic heterocycles. The zero-order valence-electron chi connectivity index (χ0n) is 13.9. The fourth-order valence-electron chi connectivity index (χ4n) is 3.70. The maximum absolute atomic E-state index is 14.3. The van der Waals surface area contributed by atoms with E-state index < -0.39 is 25.9 Å². The van der Waals surface area contributed by atoms with Gasteiger partial charge in [0.25, 0.3) is 10.1 Å². The third-order valence-corrected chi connectivity index (χ3v) is 9.23. The van der Waals surface area contributed by atoms with Crippen LogP contribution in [0.3, 0.4) is 0 Å². The Morgan fingerprint density at radius 1 is 1.08 bits per heavy atom. The van der Waals surface area contributed by atoms with E-state index in [1.165, 1.54) is 18.2 Å². The predicted octanol–water partition coefficient (Wildman–Crippen LogP) is 5.59. The number of allylic oxidation sites excluding steroid dienone is 1. The zero-order chi connectivity index (χ0) is 18.3. The number of hydrogen-bond donors (Lipinski definition) is 0. The highest BCUT2D eigenvalue weighted by atomic mass is 32.3. The van der Waals surface area contributed by atoms with Crippen molar-refractivity contribution in [2.75, 3.05) is 6.26 Å². The fourth-order valence-corrected chi connectivity index (χ4v) is 8.60. The molecule has 2 aliphatic rings. The molecule has 0 N–H and O–H groups in total. The first-order valence-corrected chi connectivity index (χ1v) is 11.6. The molecule has 0 saturated heterocycles. The van der Waals surface area contributed by atoms with E-state index in [2.05, 4.69) is 0 Å². The lowest BCUT2D eigenvalue weighted by atomic mass is 9.99. The Morgan fingerprint density at radius 2 is 1.68 bits per heavy atom. The van der Waals surface area contributed by atoms with Crippen LogP contribution < -0.4 is 0 Å². The molecule has 1 aromatic carbocycles. The molecule has 1 atom stereocenters. The van der Waals surface area contributed by atoms with Gasteiger partial charge < -0.3 is 0 Å². The molecule has 0 spiro atoms. The van der Waals surface area contributed by atoms with Crippen molar-refractivity contribution in [2.45, 2.75) is 48.9 Å². The second-order valence-electron chi connectivity index (χ2n) is 6.55. The number of fused-ring (bicyclic) bond motifs is 1. The summed E-state index contributed by atoms with van der Waals surface area (Å²) in [5, 5.41) is 0. The normalized spacial score (nSPS) is 27.9.